The predicted molar refractivity (Wildman–Crippen MR) is 262 cm³/mol. The second kappa shape index (κ2) is 20.6. The Labute approximate surface area is 350 Å². The molecular formula is C54H46P4. The van der Waals surface area contributed by atoms with Gasteiger partial charge in [0.05, 0.1) is 0 Å². The Kier molecular flexibility index (Phi) is 14.1. The molecule has 0 unspecified atom stereocenters. The van der Waals surface area contributed by atoms with E-state index in [0.29, 0.717) is 0 Å². The summed E-state index contributed by atoms with van der Waals surface area (Å²) in [5, 5.41) is 11.6. The van der Waals surface area contributed by atoms with E-state index in [-0.39, 0.29) is 10.8 Å². The smallest absolute Gasteiger partial charge is 0.0337 e. The van der Waals surface area contributed by atoms with Crippen molar-refractivity contribution < 1.29 is 0 Å². The largest absolute Gasteiger partial charge is 0.0716 e. The third kappa shape index (κ3) is 9.79. The quantitative estimate of drug-likeness (QED) is 0.0714. The van der Waals surface area contributed by atoms with Gasteiger partial charge in [0.1, 0.15) is 0 Å². The highest BCUT2D eigenvalue weighted by Gasteiger charge is 2.33. The summed E-state index contributed by atoms with van der Waals surface area (Å²) in [4.78, 5) is 0. The zero-order chi connectivity index (χ0) is 39.2. The lowest BCUT2D eigenvalue weighted by molar-refractivity contribution is 1.54. The van der Waals surface area contributed by atoms with Gasteiger partial charge >= 0.3 is 0 Å². The first-order chi connectivity index (χ1) is 28.8. The van der Waals surface area contributed by atoms with E-state index in [9.17, 15) is 0 Å². The molecule has 58 heavy (non-hydrogen) atoms. The average molecular weight is 819 g/mol. The van der Waals surface area contributed by atoms with Gasteiger partial charge < -0.3 is 0 Å². The van der Waals surface area contributed by atoms with Crippen LogP contribution in [0.4, 0.5) is 0 Å². The van der Waals surface area contributed by atoms with Crippen molar-refractivity contribution in [1.29, 1.82) is 0 Å². The SMILES string of the molecule is C(/C=C/C(P(c1ccccc1)c1ccccc1)P(c1ccccc1)c1ccccc1)=C\C(P(c1ccccc1)c1ccccc1)P(c1ccccc1)c1ccccc1. The molecule has 0 saturated carbocycles. The molecule has 8 aromatic carbocycles. The van der Waals surface area contributed by atoms with Crippen LogP contribution >= 0.6 is 31.7 Å². The van der Waals surface area contributed by atoms with Gasteiger partial charge in [0, 0.05) is 10.8 Å². The molecule has 0 aliphatic carbocycles. The molecule has 0 heterocycles. The number of hydrogen-bond donors (Lipinski definition) is 0. The fourth-order valence-corrected chi connectivity index (χ4v) is 21.1. The molecule has 0 atom stereocenters. The van der Waals surface area contributed by atoms with Crippen LogP contribution < -0.4 is 42.4 Å². The Morgan fingerprint density at radius 2 is 0.345 bits per heavy atom. The first kappa shape index (κ1) is 39.8. The van der Waals surface area contributed by atoms with Gasteiger partial charge in [-0.15, -0.1) is 0 Å². The Morgan fingerprint density at radius 1 is 0.207 bits per heavy atom. The minimum Gasteiger partial charge on any atom is -0.0716 e. The zero-order valence-electron chi connectivity index (χ0n) is 32.3. The molecule has 0 spiro atoms. The summed E-state index contributed by atoms with van der Waals surface area (Å²) in [5.74, 6) is 0. The average Bonchev–Trinajstić information content (AvgIpc) is 3.31. The molecule has 0 radical (unpaired) electrons. The van der Waals surface area contributed by atoms with Crippen LogP contribution in [-0.4, -0.2) is 10.8 Å². The molecule has 0 nitrogen and oxygen atoms in total. The van der Waals surface area contributed by atoms with E-state index in [4.69, 9.17) is 0 Å². The third-order valence-corrected chi connectivity index (χ3v) is 22.4. The van der Waals surface area contributed by atoms with Crippen molar-refractivity contribution in [2.24, 2.45) is 0 Å². The van der Waals surface area contributed by atoms with E-state index >= 15 is 0 Å². The number of benzene rings is 8. The van der Waals surface area contributed by atoms with Crippen molar-refractivity contribution in [3.63, 3.8) is 0 Å². The maximum absolute atomic E-state index is 2.56. The summed E-state index contributed by atoms with van der Waals surface area (Å²) in [5.41, 5.74) is 0. The third-order valence-electron chi connectivity index (χ3n) is 10.0. The molecule has 0 amide bonds. The Balaban J connectivity index is 1.31. The number of allylic oxidation sites excluding steroid dienone is 4. The summed E-state index contributed by atoms with van der Waals surface area (Å²) < 4.78 is 0. The topological polar surface area (TPSA) is 0 Å². The molecule has 8 rings (SSSR count). The zero-order valence-corrected chi connectivity index (χ0v) is 35.9. The van der Waals surface area contributed by atoms with E-state index < -0.39 is 31.7 Å². The van der Waals surface area contributed by atoms with E-state index in [1.165, 1.54) is 42.4 Å². The first-order valence-corrected chi connectivity index (χ1v) is 25.4. The Hall–Kier alpha value is -5.04. The van der Waals surface area contributed by atoms with Crippen LogP contribution in [0, 0.1) is 0 Å². The van der Waals surface area contributed by atoms with Crippen LogP contribution in [0.25, 0.3) is 0 Å². The summed E-state index contributed by atoms with van der Waals surface area (Å²) >= 11 is 0. The Morgan fingerprint density at radius 3 is 0.483 bits per heavy atom. The lowest BCUT2D eigenvalue weighted by atomic mass is 10.4. The van der Waals surface area contributed by atoms with E-state index in [0.717, 1.165) is 0 Å². The number of rotatable bonds is 15. The van der Waals surface area contributed by atoms with Gasteiger partial charge in [-0.25, -0.2) is 0 Å². The highest BCUT2D eigenvalue weighted by atomic mass is 31.2. The van der Waals surface area contributed by atoms with Crippen molar-refractivity contribution in [3.8, 4) is 0 Å². The molecule has 4 heteroatoms. The lowest BCUT2D eigenvalue weighted by Crippen LogP contribution is -2.26. The molecule has 8 aromatic rings. The highest BCUT2D eigenvalue weighted by Crippen LogP contribution is 2.58. The van der Waals surface area contributed by atoms with Crippen LogP contribution in [0.15, 0.2) is 267 Å². The lowest BCUT2D eigenvalue weighted by Gasteiger charge is -2.34. The van der Waals surface area contributed by atoms with Crippen molar-refractivity contribution in [2.45, 2.75) is 10.8 Å². The van der Waals surface area contributed by atoms with E-state index in [2.05, 4.69) is 267 Å². The van der Waals surface area contributed by atoms with Gasteiger partial charge in [0.15, 0.2) is 0 Å². The van der Waals surface area contributed by atoms with Crippen LogP contribution in [-0.2, 0) is 0 Å². The van der Waals surface area contributed by atoms with Crippen molar-refractivity contribution in [1.82, 2.24) is 0 Å². The maximum Gasteiger partial charge on any atom is 0.0337 e. The van der Waals surface area contributed by atoms with Crippen LogP contribution in [0.2, 0.25) is 0 Å². The fraction of sp³-hybridized carbons (Fsp3) is 0.0370. The van der Waals surface area contributed by atoms with Crippen LogP contribution in [0.5, 0.6) is 0 Å². The summed E-state index contributed by atoms with van der Waals surface area (Å²) in [6.45, 7) is 0. The highest BCUT2D eigenvalue weighted by molar-refractivity contribution is 7.90. The van der Waals surface area contributed by atoms with Crippen LogP contribution in [0.3, 0.4) is 0 Å². The summed E-state index contributed by atoms with van der Waals surface area (Å²) in [6, 6.07) is 89.9. The molecule has 0 bridgehead atoms. The van der Waals surface area contributed by atoms with Gasteiger partial charge in [0.25, 0.3) is 0 Å². The minimum absolute atomic E-state index is 0.234. The van der Waals surface area contributed by atoms with E-state index in [1.54, 1.807) is 0 Å². The maximum atomic E-state index is 2.56. The van der Waals surface area contributed by atoms with Crippen molar-refractivity contribution in [3.05, 3.63) is 267 Å². The second-order valence-corrected chi connectivity index (χ2v) is 23.9. The molecule has 0 aliphatic heterocycles. The summed E-state index contributed by atoms with van der Waals surface area (Å²) in [6.07, 6.45) is 9.91. The van der Waals surface area contributed by atoms with Gasteiger partial charge in [-0.1, -0.05) is 267 Å². The van der Waals surface area contributed by atoms with Crippen molar-refractivity contribution in [2.75, 3.05) is 0 Å². The predicted octanol–water partition coefficient (Wildman–Crippen LogP) is 11.3. The standard InChI is InChI=1S/C54H46P4/c1-9-27-45(28-10-1)55(46-29-11-2-12-30-46)53(56(47-31-13-3-14-32-47)48-33-15-4-16-34-48)43-25-26-44-54(57(49-35-17-5-18-36-49)50-37-19-6-20-38-50)58(51-39-21-7-22-40-51)52-41-23-8-24-42-52/h1-44,53-54H/b43-25+,44-26+. The number of hydrogen-bond acceptors (Lipinski definition) is 0. The van der Waals surface area contributed by atoms with E-state index in [1.807, 2.05) is 0 Å². The Bertz CT molecular complexity index is 1940. The molecule has 0 aromatic heterocycles. The molecular weight excluding hydrogens is 772 g/mol. The first-order valence-electron chi connectivity index (χ1n) is 19.8. The minimum atomic E-state index is -0.786. The van der Waals surface area contributed by atoms with Gasteiger partial charge in [0.2, 0.25) is 0 Å². The van der Waals surface area contributed by atoms with Crippen molar-refractivity contribution >= 4 is 74.1 Å². The van der Waals surface area contributed by atoms with Gasteiger partial charge in [-0.05, 0) is 74.1 Å². The summed E-state index contributed by atoms with van der Waals surface area (Å²) in [7, 11) is -3.14. The second-order valence-electron chi connectivity index (χ2n) is 13.8. The molecule has 0 aliphatic rings. The van der Waals surface area contributed by atoms with Gasteiger partial charge in [-0.3, -0.25) is 0 Å². The molecule has 282 valence electrons. The fourth-order valence-electron chi connectivity index (χ4n) is 7.43. The molecule has 0 saturated heterocycles. The normalized spacial score (nSPS) is 11.9. The molecule has 0 N–H and O–H groups in total. The van der Waals surface area contributed by atoms with Gasteiger partial charge in [-0.2, -0.15) is 0 Å². The molecule has 0 fully saturated rings. The monoisotopic (exact) mass is 818 g/mol. The van der Waals surface area contributed by atoms with Crippen LogP contribution in [0.1, 0.15) is 0 Å².